The summed E-state index contributed by atoms with van der Waals surface area (Å²) in [6.07, 6.45) is 2.09. The van der Waals surface area contributed by atoms with Gasteiger partial charge in [-0.15, -0.1) is 0 Å². The van der Waals surface area contributed by atoms with Crippen LogP contribution in [-0.4, -0.2) is 36.2 Å². The maximum atomic E-state index is 14.3. The molecule has 0 unspecified atom stereocenters. The Morgan fingerprint density at radius 2 is 2.00 bits per heavy atom. The van der Waals surface area contributed by atoms with E-state index in [1.807, 2.05) is 0 Å². The molecule has 1 amide bonds. The Labute approximate surface area is 141 Å². The molecule has 1 heterocycles. The number of carbonyl (C=O) groups excluding carboxylic acids is 1. The number of ether oxygens (including phenoxy) is 1. The Bertz CT molecular complexity index is 651. The van der Waals surface area contributed by atoms with Crippen molar-refractivity contribution in [2.24, 2.45) is 5.73 Å². The molecule has 0 bridgehead atoms. The fourth-order valence-corrected chi connectivity index (χ4v) is 2.59. The summed E-state index contributed by atoms with van der Waals surface area (Å²) < 4.78 is 33.6. The maximum Gasteiger partial charge on any atom is 0.410 e. The molecule has 0 atom stereocenters. The SMILES string of the molecule is CC(C)(C)OC(=O)N1CC=C(c2cc(F)c(CCN)cc2F)CC1. The molecular formula is C18H24F2N2O2. The number of halogens is 2. The first kappa shape index (κ1) is 18.4. The monoisotopic (exact) mass is 338 g/mol. The van der Waals surface area contributed by atoms with E-state index in [0.29, 0.717) is 31.5 Å². The summed E-state index contributed by atoms with van der Waals surface area (Å²) in [5, 5.41) is 0. The van der Waals surface area contributed by atoms with Crippen LogP contribution in [0.5, 0.6) is 0 Å². The Morgan fingerprint density at radius 3 is 2.54 bits per heavy atom. The van der Waals surface area contributed by atoms with E-state index >= 15 is 0 Å². The van der Waals surface area contributed by atoms with Crippen LogP contribution < -0.4 is 5.73 Å². The summed E-state index contributed by atoms with van der Waals surface area (Å²) >= 11 is 0. The highest BCUT2D eigenvalue weighted by atomic mass is 19.1. The summed E-state index contributed by atoms with van der Waals surface area (Å²) in [6, 6.07) is 2.42. The van der Waals surface area contributed by atoms with E-state index in [9.17, 15) is 13.6 Å². The van der Waals surface area contributed by atoms with Crippen molar-refractivity contribution >= 4 is 11.7 Å². The molecule has 1 aliphatic rings. The quantitative estimate of drug-likeness (QED) is 0.918. The number of rotatable bonds is 3. The van der Waals surface area contributed by atoms with Gasteiger partial charge in [0, 0.05) is 18.7 Å². The lowest BCUT2D eigenvalue weighted by atomic mass is 9.97. The fraction of sp³-hybridized carbons (Fsp3) is 0.500. The van der Waals surface area contributed by atoms with Gasteiger partial charge in [-0.3, -0.25) is 0 Å². The maximum absolute atomic E-state index is 14.3. The van der Waals surface area contributed by atoms with Gasteiger partial charge < -0.3 is 15.4 Å². The molecule has 1 aromatic carbocycles. The zero-order valence-electron chi connectivity index (χ0n) is 14.4. The lowest BCUT2D eigenvalue weighted by Gasteiger charge is -2.29. The number of benzene rings is 1. The fourth-order valence-electron chi connectivity index (χ4n) is 2.59. The lowest BCUT2D eigenvalue weighted by Crippen LogP contribution is -2.39. The van der Waals surface area contributed by atoms with E-state index < -0.39 is 23.3 Å². The van der Waals surface area contributed by atoms with Gasteiger partial charge in [0.1, 0.15) is 17.2 Å². The summed E-state index contributed by atoms with van der Waals surface area (Å²) in [5.74, 6) is -0.913. The highest BCUT2D eigenvalue weighted by molar-refractivity contribution is 5.73. The minimum Gasteiger partial charge on any atom is -0.444 e. The number of nitrogens with zero attached hydrogens (tertiary/aromatic N) is 1. The van der Waals surface area contributed by atoms with E-state index in [4.69, 9.17) is 10.5 Å². The first-order valence-electron chi connectivity index (χ1n) is 8.06. The van der Waals surface area contributed by atoms with E-state index in [-0.39, 0.29) is 17.7 Å². The van der Waals surface area contributed by atoms with E-state index in [1.165, 1.54) is 12.1 Å². The first-order chi connectivity index (χ1) is 11.2. The van der Waals surface area contributed by atoms with E-state index in [0.717, 1.165) is 0 Å². The minimum absolute atomic E-state index is 0.247. The van der Waals surface area contributed by atoms with Crippen LogP contribution in [0.1, 0.15) is 38.3 Å². The van der Waals surface area contributed by atoms with Crippen LogP contribution in [0.2, 0.25) is 0 Å². The van der Waals surface area contributed by atoms with Crippen molar-refractivity contribution < 1.29 is 18.3 Å². The second-order valence-corrected chi connectivity index (χ2v) is 6.87. The smallest absolute Gasteiger partial charge is 0.410 e. The van der Waals surface area contributed by atoms with Crippen molar-refractivity contribution in [1.82, 2.24) is 4.90 Å². The van der Waals surface area contributed by atoms with Gasteiger partial charge in [-0.2, -0.15) is 0 Å². The number of amides is 1. The average Bonchev–Trinajstić information content (AvgIpc) is 2.49. The number of hydrogen-bond donors (Lipinski definition) is 1. The van der Waals surface area contributed by atoms with Crippen LogP contribution in [0.3, 0.4) is 0 Å². The van der Waals surface area contributed by atoms with Crippen molar-refractivity contribution in [1.29, 1.82) is 0 Å². The molecule has 4 nitrogen and oxygen atoms in total. The third kappa shape index (κ3) is 4.54. The number of hydrogen-bond acceptors (Lipinski definition) is 3. The van der Waals surface area contributed by atoms with Crippen LogP contribution >= 0.6 is 0 Å². The normalized spacial score (nSPS) is 15.2. The Hall–Kier alpha value is -1.95. The Kier molecular flexibility index (Phi) is 5.59. The molecule has 2 rings (SSSR count). The predicted octanol–water partition coefficient (Wildman–Crippen LogP) is 3.49. The predicted molar refractivity (Wildman–Crippen MR) is 89.5 cm³/mol. The largest absolute Gasteiger partial charge is 0.444 e. The number of carbonyl (C=O) groups is 1. The van der Waals surface area contributed by atoms with Crippen LogP contribution in [0.25, 0.3) is 5.57 Å². The molecule has 0 aromatic heterocycles. The van der Waals surface area contributed by atoms with Crippen LogP contribution in [0.15, 0.2) is 18.2 Å². The van der Waals surface area contributed by atoms with Gasteiger partial charge in [-0.05, 0) is 63.4 Å². The second-order valence-electron chi connectivity index (χ2n) is 6.87. The van der Waals surface area contributed by atoms with Crippen molar-refractivity contribution in [3.05, 3.63) is 41.0 Å². The third-order valence-corrected chi connectivity index (χ3v) is 3.76. The van der Waals surface area contributed by atoms with Crippen LogP contribution in [-0.2, 0) is 11.2 Å². The molecule has 0 radical (unpaired) electrons. The molecule has 6 heteroatoms. The van der Waals surface area contributed by atoms with Gasteiger partial charge in [0.05, 0.1) is 0 Å². The van der Waals surface area contributed by atoms with Crippen molar-refractivity contribution in [2.75, 3.05) is 19.6 Å². The number of nitrogens with two attached hydrogens (primary N) is 1. The summed E-state index contributed by atoms with van der Waals surface area (Å²) in [4.78, 5) is 13.6. The van der Waals surface area contributed by atoms with Crippen molar-refractivity contribution in [2.45, 2.75) is 39.2 Å². The molecule has 0 fully saturated rings. The zero-order valence-corrected chi connectivity index (χ0v) is 14.4. The molecule has 1 aliphatic heterocycles. The third-order valence-electron chi connectivity index (χ3n) is 3.76. The lowest BCUT2D eigenvalue weighted by molar-refractivity contribution is 0.0270. The van der Waals surface area contributed by atoms with E-state index in [2.05, 4.69) is 0 Å². The van der Waals surface area contributed by atoms with E-state index in [1.54, 1.807) is 31.7 Å². The molecule has 2 N–H and O–H groups in total. The van der Waals surface area contributed by atoms with Gasteiger partial charge in [-0.1, -0.05) is 6.08 Å². The Morgan fingerprint density at radius 1 is 1.29 bits per heavy atom. The minimum atomic E-state index is -0.560. The molecule has 0 saturated heterocycles. The van der Waals surface area contributed by atoms with Gasteiger partial charge in [-0.25, -0.2) is 13.6 Å². The van der Waals surface area contributed by atoms with Crippen molar-refractivity contribution in [3.8, 4) is 0 Å². The second kappa shape index (κ2) is 7.30. The molecule has 0 saturated carbocycles. The topological polar surface area (TPSA) is 55.6 Å². The summed E-state index contributed by atoms with van der Waals surface area (Å²) in [7, 11) is 0. The first-order valence-corrected chi connectivity index (χ1v) is 8.06. The highest BCUT2D eigenvalue weighted by Gasteiger charge is 2.24. The molecule has 24 heavy (non-hydrogen) atoms. The molecule has 0 aliphatic carbocycles. The zero-order chi connectivity index (χ0) is 17.9. The van der Waals surface area contributed by atoms with Gasteiger partial charge in [0.25, 0.3) is 0 Å². The standard InChI is InChI=1S/C18H24F2N2O2/c1-18(2,3)24-17(23)22-8-5-12(6-9-22)14-11-15(19)13(4-7-21)10-16(14)20/h5,10-11H,4,6-9,21H2,1-3H3. The van der Waals surface area contributed by atoms with Crippen molar-refractivity contribution in [3.63, 3.8) is 0 Å². The molecule has 1 aromatic rings. The highest BCUT2D eigenvalue weighted by Crippen LogP contribution is 2.27. The molecule has 0 spiro atoms. The molecular weight excluding hydrogens is 314 g/mol. The summed E-state index contributed by atoms with van der Waals surface area (Å²) in [6.45, 7) is 6.40. The van der Waals surface area contributed by atoms with Gasteiger partial charge >= 0.3 is 6.09 Å². The van der Waals surface area contributed by atoms with Gasteiger partial charge in [0.2, 0.25) is 0 Å². The summed E-state index contributed by atoms with van der Waals surface area (Å²) in [5.41, 5.74) is 6.07. The Balaban J connectivity index is 2.13. The van der Waals surface area contributed by atoms with Crippen LogP contribution in [0.4, 0.5) is 13.6 Å². The average molecular weight is 338 g/mol. The van der Waals surface area contributed by atoms with Gasteiger partial charge in [0.15, 0.2) is 0 Å². The molecule has 132 valence electrons. The van der Waals surface area contributed by atoms with Crippen LogP contribution in [0, 0.1) is 11.6 Å².